The van der Waals surface area contributed by atoms with Gasteiger partial charge < -0.3 is 20.5 Å². The highest BCUT2D eigenvalue weighted by Gasteiger charge is 2.15. The zero-order valence-corrected chi connectivity index (χ0v) is 16.2. The minimum absolute atomic E-state index is 0.0295. The van der Waals surface area contributed by atoms with E-state index < -0.39 is 0 Å². The molecule has 0 radical (unpaired) electrons. The molecule has 1 unspecified atom stereocenters. The lowest BCUT2D eigenvalue weighted by Crippen LogP contribution is -2.30. The molecule has 0 aliphatic heterocycles. The Morgan fingerprint density at radius 3 is 2.56 bits per heavy atom. The lowest BCUT2D eigenvalue weighted by atomic mass is 10.1. The average molecular weight is 407 g/mol. The Labute approximate surface area is 156 Å². The van der Waals surface area contributed by atoms with Crippen molar-refractivity contribution < 1.29 is 9.84 Å². The van der Waals surface area contributed by atoms with Crippen molar-refractivity contribution in [2.75, 3.05) is 24.4 Å². The summed E-state index contributed by atoms with van der Waals surface area (Å²) in [5.74, 6) is 1.98. The van der Waals surface area contributed by atoms with Gasteiger partial charge in [0, 0.05) is 17.4 Å². The highest BCUT2D eigenvalue weighted by atomic mass is 79.9. The second-order valence-electron chi connectivity index (χ2n) is 5.90. The van der Waals surface area contributed by atoms with Gasteiger partial charge in [0.25, 0.3) is 0 Å². The number of aliphatic hydroxyl groups is 1. The molecule has 1 aromatic carbocycles. The Morgan fingerprint density at radius 2 is 2.00 bits per heavy atom. The van der Waals surface area contributed by atoms with Gasteiger partial charge in [-0.3, -0.25) is 0 Å². The zero-order chi connectivity index (χ0) is 18.4. The van der Waals surface area contributed by atoms with Crippen molar-refractivity contribution in [2.45, 2.75) is 19.9 Å². The molecule has 0 bridgehead atoms. The van der Waals surface area contributed by atoms with E-state index in [1.807, 2.05) is 38.1 Å². The Morgan fingerprint density at radius 1 is 1.32 bits per heavy atom. The zero-order valence-electron chi connectivity index (χ0n) is 14.6. The van der Waals surface area contributed by atoms with Gasteiger partial charge in [-0.05, 0) is 46.1 Å². The van der Waals surface area contributed by atoms with E-state index in [0.717, 1.165) is 15.7 Å². The number of aromatic nitrogens is 2. The molecule has 2 rings (SSSR count). The first-order chi connectivity index (χ1) is 11.9. The van der Waals surface area contributed by atoms with Crippen molar-refractivity contribution in [3.05, 3.63) is 47.1 Å². The molecule has 0 saturated carbocycles. The molecule has 0 aliphatic rings. The number of methoxy groups -OCH3 is 1. The molecule has 0 amide bonds. The Hall–Kier alpha value is -2.12. The summed E-state index contributed by atoms with van der Waals surface area (Å²) in [6.07, 6.45) is 1.67. The molecule has 3 N–H and O–H groups in total. The predicted molar refractivity (Wildman–Crippen MR) is 105 cm³/mol. The first-order valence-electron chi connectivity index (χ1n) is 7.95. The molecular formula is C18H23BrN4O2. The highest BCUT2D eigenvalue weighted by Crippen LogP contribution is 2.24. The van der Waals surface area contributed by atoms with Crippen molar-refractivity contribution in [3.63, 3.8) is 0 Å². The normalized spacial score (nSPS) is 11.9. The van der Waals surface area contributed by atoms with Crippen LogP contribution in [0.3, 0.4) is 0 Å². The maximum absolute atomic E-state index is 9.49. The molecule has 1 aromatic heterocycles. The quantitative estimate of drug-likeness (QED) is 0.574. The van der Waals surface area contributed by atoms with Gasteiger partial charge in [0.15, 0.2) is 0 Å². The average Bonchev–Trinajstić information content (AvgIpc) is 2.61. The van der Waals surface area contributed by atoms with Gasteiger partial charge in [-0.15, -0.1) is 0 Å². The van der Waals surface area contributed by atoms with Crippen molar-refractivity contribution >= 4 is 39.1 Å². The van der Waals surface area contributed by atoms with Crippen LogP contribution in [0.2, 0.25) is 0 Å². The number of hydrogen-bond donors (Lipinski definition) is 3. The van der Waals surface area contributed by atoms with Crippen molar-refractivity contribution in [1.29, 1.82) is 0 Å². The first-order valence-corrected chi connectivity index (χ1v) is 8.74. The topological polar surface area (TPSA) is 79.3 Å². The third kappa shape index (κ3) is 5.17. The number of hydrogen-bond acceptors (Lipinski definition) is 6. The van der Waals surface area contributed by atoms with Crippen LogP contribution in [0.4, 0.5) is 17.5 Å². The number of halogens is 1. The van der Waals surface area contributed by atoms with Gasteiger partial charge in [0.1, 0.15) is 11.6 Å². The van der Waals surface area contributed by atoms with Gasteiger partial charge in [0.05, 0.1) is 24.2 Å². The monoisotopic (exact) mass is 406 g/mol. The molecule has 134 valence electrons. The van der Waals surface area contributed by atoms with Crippen LogP contribution in [0.1, 0.15) is 19.4 Å². The molecule has 6 nitrogen and oxygen atoms in total. The van der Waals surface area contributed by atoms with Crippen molar-refractivity contribution in [3.8, 4) is 0 Å². The summed E-state index contributed by atoms with van der Waals surface area (Å²) in [6, 6.07) is 7.54. The molecule has 1 atom stereocenters. The van der Waals surface area contributed by atoms with Gasteiger partial charge in [-0.25, -0.2) is 4.98 Å². The lowest BCUT2D eigenvalue weighted by molar-refractivity contribution is 0.249. The van der Waals surface area contributed by atoms with E-state index in [1.54, 1.807) is 13.3 Å². The third-order valence-electron chi connectivity index (χ3n) is 3.78. The van der Waals surface area contributed by atoms with Gasteiger partial charge in [-0.1, -0.05) is 20.4 Å². The number of nitrogens with one attached hydrogen (secondary N) is 2. The standard InChI is InChI=1S/C18H23BrN4O2/c1-11(2)16(10-24)22-17-15(19)9-20-18(23-17)21-14-7-5-13(6-8-14)12(3)25-4/h5-9,11,16,24H,3,10H2,1-2,4H3,(H2,20,21,22,23). The van der Waals surface area contributed by atoms with Crippen LogP contribution in [-0.2, 0) is 4.74 Å². The van der Waals surface area contributed by atoms with Crippen molar-refractivity contribution in [1.82, 2.24) is 9.97 Å². The SMILES string of the molecule is C=C(OC)c1ccc(Nc2ncc(Br)c(NC(CO)C(C)C)n2)cc1. The third-order valence-corrected chi connectivity index (χ3v) is 4.36. The Balaban J connectivity index is 2.15. The van der Waals surface area contributed by atoms with Crippen LogP contribution in [0.15, 0.2) is 41.5 Å². The summed E-state index contributed by atoms with van der Waals surface area (Å²) in [5, 5.41) is 15.9. The molecule has 0 aliphatic carbocycles. The first kappa shape index (κ1) is 19.2. The van der Waals surface area contributed by atoms with E-state index in [4.69, 9.17) is 4.74 Å². The summed E-state index contributed by atoms with van der Waals surface area (Å²) in [6.45, 7) is 7.93. The fourth-order valence-electron chi connectivity index (χ4n) is 2.11. The fourth-order valence-corrected chi connectivity index (χ4v) is 2.42. The van der Waals surface area contributed by atoms with E-state index in [9.17, 15) is 5.11 Å². The molecule has 7 heteroatoms. The van der Waals surface area contributed by atoms with Gasteiger partial charge in [0.2, 0.25) is 5.95 Å². The summed E-state index contributed by atoms with van der Waals surface area (Å²) >= 11 is 3.44. The Bertz CT molecular complexity index is 720. The highest BCUT2D eigenvalue weighted by molar-refractivity contribution is 9.10. The van der Waals surface area contributed by atoms with E-state index in [-0.39, 0.29) is 18.6 Å². The van der Waals surface area contributed by atoms with E-state index >= 15 is 0 Å². The second-order valence-corrected chi connectivity index (χ2v) is 6.75. The maximum Gasteiger partial charge on any atom is 0.229 e. The van der Waals surface area contributed by atoms with Crippen LogP contribution < -0.4 is 10.6 Å². The molecule has 25 heavy (non-hydrogen) atoms. The van der Waals surface area contributed by atoms with E-state index in [0.29, 0.717) is 17.5 Å². The molecular weight excluding hydrogens is 384 g/mol. The summed E-state index contributed by atoms with van der Waals surface area (Å²) in [4.78, 5) is 8.75. The van der Waals surface area contributed by atoms with Crippen LogP contribution in [0.5, 0.6) is 0 Å². The molecule has 2 aromatic rings. The summed E-state index contributed by atoms with van der Waals surface area (Å²) in [7, 11) is 1.59. The number of ether oxygens (including phenoxy) is 1. The van der Waals surface area contributed by atoms with Gasteiger partial charge >= 0.3 is 0 Å². The summed E-state index contributed by atoms with van der Waals surface area (Å²) in [5.41, 5.74) is 1.76. The van der Waals surface area contributed by atoms with Gasteiger partial charge in [-0.2, -0.15) is 4.98 Å². The van der Waals surface area contributed by atoms with Crippen LogP contribution in [0, 0.1) is 5.92 Å². The minimum Gasteiger partial charge on any atom is -0.497 e. The number of benzene rings is 1. The predicted octanol–water partition coefficient (Wildman–Crippen LogP) is 4.03. The lowest BCUT2D eigenvalue weighted by Gasteiger charge is -2.21. The largest absolute Gasteiger partial charge is 0.497 e. The van der Waals surface area contributed by atoms with Crippen LogP contribution >= 0.6 is 15.9 Å². The second kappa shape index (κ2) is 8.82. The number of rotatable bonds is 8. The van der Waals surface area contributed by atoms with Crippen LogP contribution in [0.25, 0.3) is 5.76 Å². The molecule has 0 saturated heterocycles. The molecule has 0 fully saturated rings. The molecule has 1 heterocycles. The smallest absolute Gasteiger partial charge is 0.229 e. The molecule has 0 spiro atoms. The number of aliphatic hydroxyl groups excluding tert-OH is 1. The minimum atomic E-state index is -0.0848. The number of anilines is 3. The van der Waals surface area contributed by atoms with Crippen LogP contribution in [-0.4, -0.2) is 34.8 Å². The van der Waals surface area contributed by atoms with Crippen molar-refractivity contribution in [2.24, 2.45) is 5.92 Å². The summed E-state index contributed by atoms with van der Waals surface area (Å²) < 4.78 is 5.86. The van der Waals surface area contributed by atoms with E-state index in [2.05, 4.69) is 43.1 Å². The fraction of sp³-hybridized carbons (Fsp3) is 0.333. The number of nitrogens with zero attached hydrogens (tertiary/aromatic N) is 2. The Kier molecular flexibility index (Phi) is 6.78. The van der Waals surface area contributed by atoms with E-state index in [1.165, 1.54) is 0 Å². The maximum atomic E-state index is 9.49.